The average Bonchev–Trinajstić information content (AvgIpc) is 2.54. The summed E-state index contributed by atoms with van der Waals surface area (Å²) in [5.41, 5.74) is 0.872. The highest BCUT2D eigenvalue weighted by molar-refractivity contribution is 14.2. The van der Waals surface area contributed by atoms with Crippen molar-refractivity contribution in [1.29, 1.82) is 0 Å². The predicted molar refractivity (Wildman–Crippen MR) is 57.3 cm³/mol. The van der Waals surface area contributed by atoms with Crippen LogP contribution in [0.5, 0.6) is 0 Å². The highest BCUT2D eigenvalue weighted by atomic mass is 127. The second kappa shape index (κ2) is 3.49. The molecule has 0 spiro atoms. The van der Waals surface area contributed by atoms with Crippen molar-refractivity contribution in [3.8, 4) is 0 Å². The lowest BCUT2D eigenvalue weighted by Gasteiger charge is -2.25. The van der Waals surface area contributed by atoms with Crippen LogP contribution < -0.4 is 0 Å². The van der Waals surface area contributed by atoms with Gasteiger partial charge in [-0.25, -0.2) is 4.98 Å². The Balaban J connectivity index is 2.43. The number of carbonyl (C=O) groups excluding carboxylic acids is 1. The van der Waals surface area contributed by atoms with Crippen molar-refractivity contribution in [2.24, 2.45) is 0 Å². The number of rotatable bonds is 1. The molecular formula is C7H7IN2O2S. The standard InChI is InChI=1S/C7H7IN2O2S/c1-10-2-4-5(12-3-9-4)6(13-8)7(10)11/h3,6H,2H2,1H3. The molecule has 1 unspecified atom stereocenters. The Bertz CT molecular complexity index is 341. The molecule has 0 radical (unpaired) electrons. The maximum atomic E-state index is 11.6. The average molecular weight is 310 g/mol. The Morgan fingerprint density at radius 3 is 3.31 bits per heavy atom. The number of carbonyl (C=O) groups is 1. The van der Waals surface area contributed by atoms with Gasteiger partial charge in [-0.3, -0.25) is 4.79 Å². The molecule has 1 aromatic heterocycles. The molecule has 1 atom stereocenters. The Hall–Kier alpha value is -0.240. The molecule has 0 bridgehead atoms. The molecule has 0 saturated carbocycles. The molecular weight excluding hydrogens is 303 g/mol. The summed E-state index contributed by atoms with van der Waals surface area (Å²) in [4.78, 5) is 17.4. The predicted octanol–water partition coefficient (Wildman–Crippen LogP) is 1.77. The summed E-state index contributed by atoms with van der Waals surface area (Å²) < 4.78 is 5.19. The number of likely N-dealkylation sites (N-methyl/N-ethyl adjacent to an activating group) is 1. The van der Waals surface area contributed by atoms with Gasteiger partial charge in [0.1, 0.15) is 5.69 Å². The molecule has 1 aliphatic heterocycles. The van der Waals surface area contributed by atoms with Crippen LogP contribution in [0.1, 0.15) is 16.7 Å². The van der Waals surface area contributed by atoms with E-state index in [1.165, 1.54) is 15.3 Å². The van der Waals surface area contributed by atoms with Crippen LogP contribution in [0.3, 0.4) is 0 Å². The molecule has 0 saturated heterocycles. The second-order valence-electron chi connectivity index (χ2n) is 2.83. The number of nitrogens with zero attached hydrogens (tertiary/aromatic N) is 2. The first kappa shape index (κ1) is 9.32. The number of hydrogen-bond donors (Lipinski definition) is 0. The highest BCUT2D eigenvalue weighted by Gasteiger charge is 2.34. The number of amides is 1. The molecule has 4 nitrogen and oxygen atoms in total. The SMILES string of the molecule is CN1Cc2ncoc2C(SI)C1=O. The molecule has 6 heteroatoms. The van der Waals surface area contributed by atoms with Gasteiger partial charge in [0.05, 0.1) is 6.54 Å². The third kappa shape index (κ3) is 1.45. The van der Waals surface area contributed by atoms with Gasteiger partial charge >= 0.3 is 0 Å². The van der Waals surface area contributed by atoms with Gasteiger partial charge in [0.2, 0.25) is 5.91 Å². The molecule has 1 amide bonds. The van der Waals surface area contributed by atoms with E-state index in [0.29, 0.717) is 12.3 Å². The van der Waals surface area contributed by atoms with Gasteiger partial charge in [-0.15, -0.1) is 0 Å². The van der Waals surface area contributed by atoms with E-state index in [2.05, 4.69) is 26.2 Å². The van der Waals surface area contributed by atoms with Crippen LogP contribution >= 0.6 is 30.1 Å². The molecule has 70 valence electrons. The van der Waals surface area contributed by atoms with E-state index in [9.17, 15) is 4.79 Å². The van der Waals surface area contributed by atoms with Crippen LogP contribution in [0.15, 0.2) is 10.8 Å². The van der Waals surface area contributed by atoms with Gasteiger partial charge in [0.25, 0.3) is 0 Å². The fourth-order valence-electron chi connectivity index (χ4n) is 1.30. The summed E-state index contributed by atoms with van der Waals surface area (Å²) in [7, 11) is 3.23. The molecule has 0 aromatic carbocycles. The Morgan fingerprint density at radius 2 is 2.62 bits per heavy atom. The minimum absolute atomic E-state index is 0.0867. The maximum Gasteiger partial charge on any atom is 0.244 e. The summed E-state index contributed by atoms with van der Waals surface area (Å²) in [5, 5.41) is -0.225. The molecule has 2 heterocycles. The van der Waals surface area contributed by atoms with Crippen LogP contribution in [0.25, 0.3) is 0 Å². The van der Waals surface area contributed by atoms with Crippen molar-refractivity contribution in [3.63, 3.8) is 0 Å². The monoisotopic (exact) mass is 310 g/mol. The topological polar surface area (TPSA) is 46.3 Å². The summed E-state index contributed by atoms with van der Waals surface area (Å²) in [6.07, 6.45) is 1.40. The van der Waals surface area contributed by atoms with Crippen molar-refractivity contribution in [1.82, 2.24) is 9.88 Å². The first-order chi connectivity index (χ1) is 6.24. The molecule has 2 rings (SSSR count). The fourth-order valence-corrected chi connectivity index (χ4v) is 3.18. The lowest BCUT2D eigenvalue weighted by Crippen LogP contribution is -2.34. The van der Waals surface area contributed by atoms with Crippen LogP contribution in [0, 0.1) is 0 Å². The third-order valence-corrected chi connectivity index (χ3v) is 4.11. The molecule has 1 aliphatic rings. The van der Waals surface area contributed by atoms with Gasteiger partial charge in [-0.2, -0.15) is 0 Å². The van der Waals surface area contributed by atoms with Crippen molar-refractivity contribution >= 4 is 36.0 Å². The van der Waals surface area contributed by atoms with Crippen LogP contribution in [0.4, 0.5) is 0 Å². The minimum atomic E-state index is -0.225. The van der Waals surface area contributed by atoms with Crippen molar-refractivity contribution < 1.29 is 9.21 Å². The summed E-state index contributed by atoms with van der Waals surface area (Å²) in [6.45, 7) is 0.554. The number of oxazole rings is 1. The zero-order valence-corrected chi connectivity index (χ0v) is 9.83. The third-order valence-electron chi connectivity index (χ3n) is 1.99. The summed E-state index contributed by atoms with van der Waals surface area (Å²) in [5.74, 6) is 0.797. The zero-order valence-electron chi connectivity index (χ0n) is 6.86. The number of halogens is 1. The maximum absolute atomic E-state index is 11.6. The normalized spacial score (nSPS) is 21.8. The van der Waals surface area contributed by atoms with E-state index in [1.54, 1.807) is 11.9 Å². The Labute approximate surface area is 91.7 Å². The van der Waals surface area contributed by atoms with E-state index in [-0.39, 0.29) is 11.2 Å². The molecule has 1 aromatic rings. The van der Waals surface area contributed by atoms with Gasteiger partial charge in [0, 0.05) is 7.05 Å². The summed E-state index contributed by atoms with van der Waals surface area (Å²) >= 11 is 2.11. The Kier molecular flexibility index (Phi) is 2.50. The number of hydrogen-bond acceptors (Lipinski definition) is 4. The largest absolute Gasteiger partial charge is 0.446 e. The van der Waals surface area contributed by atoms with Crippen molar-refractivity contribution in [2.75, 3.05) is 7.05 Å². The fraction of sp³-hybridized carbons (Fsp3) is 0.429. The lowest BCUT2D eigenvalue weighted by atomic mass is 10.1. The molecule has 0 N–H and O–H groups in total. The number of fused-ring (bicyclic) bond motifs is 1. The lowest BCUT2D eigenvalue weighted by molar-refractivity contribution is -0.131. The van der Waals surface area contributed by atoms with E-state index in [1.807, 2.05) is 0 Å². The smallest absolute Gasteiger partial charge is 0.244 e. The molecule has 0 aliphatic carbocycles. The second-order valence-corrected chi connectivity index (χ2v) is 5.00. The highest BCUT2D eigenvalue weighted by Crippen LogP contribution is 2.39. The van der Waals surface area contributed by atoms with E-state index in [0.717, 1.165) is 5.69 Å². The van der Waals surface area contributed by atoms with E-state index < -0.39 is 0 Å². The van der Waals surface area contributed by atoms with E-state index >= 15 is 0 Å². The molecule has 0 fully saturated rings. The van der Waals surface area contributed by atoms with Crippen molar-refractivity contribution in [3.05, 3.63) is 17.8 Å². The summed E-state index contributed by atoms with van der Waals surface area (Å²) in [6, 6.07) is 0. The quantitative estimate of drug-likeness (QED) is 0.742. The van der Waals surface area contributed by atoms with Gasteiger partial charge in [-0.05, 0) is 21.2 Å². The number of aromatic nitrogens is 1. The van der Waals surface area contributed by atoms with Crippen molar-refractivity contribution in [2.45, 2.75) is 11.8 Å². The van der Waals surface area contributed by atoms with Gasteiger partial charge in [0.15, 0.2) is 17.4 Å². The molecule has 13 heavy (non-hydrogen) atoms. The van der Waals surface area contributed by atoms with Gasteiger partial charge < -0.3 is 9.32 Å². The van der Waals surface area contributed by atoms with Crippen LogP contribution in [0.2, 0.25) is 0 Å². The first-order valence-corrected chi connectivity index (χ1v) is 7.11. The minimum Gasteiger partial charge on any atom is -0.446 e. The van der Waals surface area contributed by atoms with Gasteiger partial charge in [-0.1, -0.05) is 8.93 Å². The zero-order chi connectivity index (χ0) is 9.42. The first-order valence-electron chi connectivity index (χ1n) is 3.68. The Morgan fingerprint density at radius 1 is 1.85 bits per heavy atom. The van der Waals surface area contributed by atoms with Crippen LogP contribution in [-0.2, 0) is 11.3 Å². The van der Waals surface area contributed by atoms with Crippen LogP contribution in [-0.4, -0.2) is 22.8 Å². The van der Waals surface area contributed by atoms with E-state index in [4.69, 9.17) is 4.42 Å².